The first kappa shape index (κ1) is 11.8. The molecule has 0 amide bonds. The van der Waals surface area contributed by atoms with Gasteiger partial charge in [0.15, 0.2) is 0 Å². The number of methoxy groups -OCH3 is 1. The highest BCUT2D eigenvalue weighted by atomic mass is 32.2. The third kappa shape index (κ3) is 2.86. The van der Waals surface area contributed by atoms with E-state index in [9.17, 15) is 9.59 Å². The Balaban J connectivity index is 2.70. The minimum absolute atomic E-state index is 0.209. The minimum Gasteiger partial charge on any atom is -0.472 e. The highest BCUT2D eigenvalue weighted by Crippen LogP contribution is 2.29. The second-order valence-corrected chi connectivity index (χ2v) is 5.00. The third-order valence-corrected chi connectivity index (χ3v) is 2.88. The Morgan fingerprint density at radius 2 is 2.13 bits per heavy atom. The Labute approximate surface area is 92.0 Å². The molecule has 1 heterocycles. The van der Waals surface area contributed by atoms with Crippen molar-refractivity contribution < 1.29 is 18.7 Å². The lowest BCUT2D eigenvalue weighted by Crippen LogP contribution is -2.30. The van der Waals surface area contributed by atoms with Gasteiger partial charge in [-0.3, -0.25) is 9.59 Å². The van der Waals surface area contributed by atoms with E-state index in [0.717, 1.165) is 11.8 Å². The predicted octanol–water partition coefficient (Wildman–Crippen LogP) is 2.10. The quantitative estimate of drug-likeness (QED) is 0.741. The Morgan fingerprint density at radius 1 is 1.47 bits per heavy atom. The molecule has 0 bridgehead atoms. The van der Waals surface area contributed by atoms with Crippen LogP contribution in [0, 0.1) is 0 Å². The van der Waals surface area contributed by atoms with E-state index in [2.05, 4.69) is 4.74 Å². The third-order valence-electron chi connectivity index (χ3n) is 1.78. The van der Waals surface area contributed by atoms with Gasteiger partial charge in [0, 0.05) is 0 Å². The number of ether oxygens (including phenoxy) is 1. The van der Waals surface area contributed by atoms with Crippen molar-refractivity contribution in [1.29, 1.82) is 0 Å². The maximum atomic E-state index is 11.6. The van der Waals surface area contributed by atoms with Gasteiger partial charge in [-0.05, 0) is 19.9 Å². The van der Waals surface area contributed by atoms with Crippen molar-refractivity contribution >= 4 is 22.8 Å². The van der Waals surface area contributed by atoms with Crippen LogP contribution in [0.3, 0.4) is 0 Å². The van der Waals surface area contributed by atoms with Gasteiger partial charge >= 0.3 is 5.97 Å². The summed E-state index contributed by atoms with van der Waals surface area (Å²) in [4.78, 5) is 23.0. The fraction of sp³-hybridized carbons (Fsp3) is 0.400. The highest BCUT2D eigenvalue weighted by Gasteiger charge is 2.33. The summed E-state index contributed by atoms with van der Waals surface area (Å²) in [5, 5.41) is -0.209. The zero-order chi connectivity index (χ0) is 11.5. The molecule has 0 aliphatic carbocycles. The number of rotatable bonds is 3. The van der Waals surface area contributed by atoms with Gasteiger partial charge in [-0.1, -0.05) is 11.8 Å². The van der Waals surface area contributed by atoms with E-state index in [1.54, 1.807) is 19.9 Å². The van der Waals surface area contributed by atoms with Gasteiger partial charge in [-0.2, -0.15) is 0 Å². The number of esters is 1. The Hall–Kier alpha value is -1.23. The molecule has 1 rings (SSSR count). The van der Waals surface area contributed by atoms with Crippen LogP contribution in [-0.2, 0) is 9.53 Å². The average Bonchev–Trinajstić information content (AvgIpc) is 2.68. The summed E-state index contributed by atoms with van der Waals surface area (Å²) in [6.07, 6.45) is 2.77. The number of carbonyl (C=O) groups is 2. The van der Waals surface area contributed by atoms with Crippen molar-refractivity contribution in [2.45, 2.75) is 18.6 Å². The molecule has 5 heteroatoms. The molecule has 0 saturated carbocycles. The molecule has 0 aliphatic heterocycles. The molecular weight excluding hydrogens is 216 g/mol. The van der Waals surface area contributed by atoms with Gasteiger partial charge in [0.1, 0.15) is 11.0 Å². The van der Waals surface area contributed by atoms with E-state index < -0.39 is 10.7 Å². The molecule has 1 aromatic rings. The van der Waals surface area contributed by atoms with Crippen molar-refractivity contribution in [3.05, 3.63) is 24.2 Å². The van der Waals surface area contributed by atoms with Crippen molar-refractivity contribution in [1.82, 2.24) is 0 Å². The topological polar surface area (TPSA) is 56.5 Å². The fourth-order valence-electron chi connectivity index (χ4n) is 0.959. The lowest BCUT2D eigenvalue weighted by molar-refractivity contribution is -0.142. The molecule has 15 heavy (non-hydrogen) atoms. The summed E-state index contributed by atoms with van der Waals surface area (Å²) in [5.74, 6) is -0.427. The number of furan rings is 1. The maximum absolute atomic E-state index is 11.6. The summed E-state index contributed by atoms with van der Waals surface area (Å²) in [6, 6.07) is 1.56. The van der Waals surface area contributed by atoms with E-state index in [4.69, 9.17) is 4.42 Å². The van der Waals surface area contributed by atoms with Gasteiger partial charge in [-0.25, -0.2) is 0 Å². The highest BCUT2D eigenvalue weighted by molar-refractivity contribution is 8.15. The Morgan fingerprint density at radius 3 is 2.60 bits per heavy atom. The molecule has 0 saturated heterocycles. The van der Waals surface area contributed by atoms with E-state index >= 15 is 0 Å². The van der Waals surface area contributed by atoms with Gasteiger partial charge < -0.3 is 9.15 Å². The maximum Gasteiger partial charge on any atom is 0.321 e. The molecule has 0 atom stereocenters. The van der Waals surface area contributed by atoms with Crippen molar-refractivity contribution in [2.24, 2.45) is 0 Å². The molecule has 0 fully saturated rings. The number of thioether (sulfide) groups is 1. The van der Waals surface area contributed by atoms with Crippen LogP contribution in [0.2, 0.25) is 0 Å². The molecular formula is C10H12O4S. The first-order valence-corrected chi connectivity index (χ1v) is 5.13. The van der Waals surface area contributed by atoms with Crippen LogP contribution in [0.15, 0.2) is 23.0 Å². The van der Waals surface area contributed by atoms with E-state index in [0.29, 0.717) is 5.56 Å². The SMILES string of the molecule is COC(=O)C(C)(C)SC(=O)c1ccoc1. The summed E-state index contributed by atoms with van der Waals surface area (Å²) in [5.41, 5.74) is 0.442. The minimum atomic E-state index is -0.886. The molecule has 0 N–H and O–H groups in total. The van der Waals surface area contributed by atoms with Crippen LogP contribution in [0.5, 0.6) is 0 Å². The number of hydrogen-bond donors (Lipinski definition) is 0. The molecule has 1 aromatic heterocycles. The van der Waals surface area contributed by atoms with Crippen LogP contribution in [-0.4, -0.2) is 22.9 Å². The summed E-state index contributed by atoms with van der Waals surface area (Å²) < 4.78 is 8.50. The molecule has 0 aromatic carbocycles. The van der Waals surface area contributed by atoms with Crippen LogP contribution in [0.4, 0.5) is 0 Å². The Kier molecular flexibility index (Phi) is 3.57. The predicted molar refractivity (Wildman–Crippen MR) is 56.7 cm³/mol. The lowest BCUT2D eigenvalue weighted by atomic mass is 10.2. The smallest absolute Gasteiger partial charge is 0.321 e. The largest absolute Gasteiger partial charge is 0.472 e. The molecule has 0 unspecified atom stereocenters. The van der Waals surface area contributed by atoms with Crippen molar-refractivity contribution in [2.75, 3.05) is 7.11 Å². The van der Waals surface area contributed by atoms with Crippen LogP contribution in [0.1, 0.15) is 24.2 Å². The lowest BCUT2D eigenvalue weighted by Gasteiger charge is -2.18. The van der Waals surface area contributed by atoms with E-state index in [-0.39, 0.29) is 5.12 Å². The molecule has 0 spiro atoms. The van der Waals surface area contributed by atoms with Gasteiger partial charge in [-0.15, -0.1) is 0 Å². The van der Waals surface area contributed by atoms with Crippen molar-refractivity contribution in [3.8, 4) is 0 Å². The zero-order valence-corrected chi connectivity index (χ0v) is 9.59. The molecule has 4 nitrogen and oxygen atoms in total. The second-order valence-electron chi connectivity index (χ2n) is 3.40. The van der Waals surface area contributed by atoms with E-state index in [1.807, 2.05) is 0 Å². The first-order chi connectivity index (χ1) is 6.97. The first-order valence-electron chi connectivity index (χ1n) is 4.31. The summed E-state index contributed by atoms with van der Waals surface area (Å²) >= 11 is 0.919. The fourth-order valence-corrected chi connectivity index (χ4v) is 1.82. The monoisotopic (exact) mass is 228 g/mol. The molecule has 0 aliphatic rings. The van der Waals surface area contributed by atoms with Crippen molar-refractivity contribution in [3.63, 3.8) is 0 Å². The Bertz CT molecular complexity index is 354. The zero-order valence-electron chi connectivity index (χ0n) is 8.77. The summed E-state index contributed by atoms with van der Waals surface area (Å²) in [7, 11) is 1.30. The molecule has 0 radical (unpaired) electrons. The standard InChI is InChI=1S/C10H12O4S/c1-10(2,9(12)13-3)15-8(11)7-4-5-14-6-7/h4-6H,1-3H3. The summed E-state index contributed by atoms with van der Waals surface area (Å²) in [6.45, 7) is 3.28. The second kappa shape index (κ2) is 4.53. The normalized spacial score (nSPS) is 11.1. The van der Waals surface area contributed by atoms with Crippen LogP contribution in [0.25, 0.3) is 0 Å². The molecule has 82 valence electrons. The average molecular weight is 228 g/mol. The number of hydrogen-bond acceptors (Lipinski definition) is 5. The van der Waals surface area contributed by atoms with Crippen LogP contribution < -0.4 is 0 Å². The van der Waals surface area contributed by atoms with Crippen LogP contribution >= 0.6 is 11.8 Å². The van der Waals surface area contributed by atoms with Gasteiger partial charge in [0.25, 0.3) is 0 Å². The van der Waals surface area contributed by atoms with Gasteiger partial charge in [0.05, 0.1) is 18.9 Å². The van der Waals surface area contributed by atoms with Gasteiger partial charge in [0.2, 0.25) is 5.12 Å². The number of carbonyl (C=O) groups excluding carboxylic acids is 2. The van der Waals surface area contributed by atoms with E-state index in [1.165, 1.54) is 19.6 Å².